The van der Waals surface area contributed by atoms with Gasteiger partial charge in [0.2, 0.25) is 5.91 Å². The molecular weight excluding hydrogens is 487 g/mol. The van der Waals surface area contributed by atoms with E-state index in [2.05, 4.69) is 15.9 Å². The van der Waals surface area contributed by atoms with Gasteiger partial charge in [0.1, 0.15) is 17.5 Å². The first-order valence-electron chi connectivity index (χ1n) is 12.2. The van der Waals surface area contributed by atoms with Gasteiger partial charge in [-0.15, -0.1) is 5.53 Å². The molecule has 0 unspecified atom stereocenters. The summed E-state index contributed by atoms with van der Waals surface area (Å²) in [7, 11) is 1.71. The van der Waals surface area contributed by atoms with Gasteiger partial charge >= 0.3 is 6.18 Å². The SMILES string of the molecule is CN1NNc2c1cc(-c1ccc(OCCC3CCN(C(=O)C4(N)CC4)CC3)c(C(F)(F)F)c1)nc2C#N. The highest BCUT2D eigenvalue weighted by Gasteiger charge is 2.48. The van der Waals surface area contributed by atoms with Crippen LogP contribution >= 0.6 is 0 Å². The maximum absolute atomic E-state index is 13.9. The van der Waals surface area contributed by atoms with Gasteiger partial charge in [-0.25, -0.2) is 4.98 Å². The highest BCUT2D eigenvalue weighted by Crippen LogP contribution is 2.41. The number of rotatable bonds is 6. The van der Waals surface area contributed by atoms with Crippen molar-refractivity contribution in [1.82, 2.24) is 15.4 Å². The molecule has 37 heavy (non-hydrogen) atoms. The van der Waals surface area contributed by atoms with Gasteiger partial charge in [0, 0.05) is 25.7 Å². The second kappa shape index (κ2) is 9.39. The predicted octanol–water partition coefficient (Wildman–Crippen LogP) is 3.42. The van der Waals surface area contributed by atoms with E-state index >= 15 is 0 Å². The lowest BCUT2D eigenvalue weighted by atomic mass is 9.93. The number of carbonyl (C=O) groups is 1. The largest absolute Gasteiger partial charge is 0.493 e. The van der Waals surface area contributed by atoms with Gasteiger partial charge in [0.05, 0.1) is 29.1 Å². The minimum atomic E-state index is -4.63. The summed E-state index contributed by atoms with van der Waals surface area (Å²) < 4.78 is 47.4. The lowest BCUT2D eigenvalue weighted by molar-refractivity contribution is -0.139. The minimum Gasteiger partial charge on any atom is -0.493 e. The van der Waals surface area contributed by atoms with E-state index < -0.39 is 17.3 Å². The zero-order chi connectivity index (χ0) is 26.4. The van der Waals surface area contributed by atoms with Crippen LogP contribution in [0.5, 0.6) is 5.75 Å². The van der Waals surface area contributed by atoms with E-state index in [1.165, 1.54) is 12.1 Å². The summed E-state index contributed by atoms with van der Waals surface area (Å²) in [5.74, 6) is 0.0330. The lowest BCUT2D eigenvalue weighted by Crippen LogP contribution is -2.48. The number of nitrogens with two attached hydrogens (primary N) is 1. The summed E-state index contributed by atoms with van der Waals surface area (Å²) >= 11 is 0. The lowest BCUT2D eigenvalue weighted by Gasteiger charge is -2.33. The molecule has 0 spiro atoms. The Labute approximate surface area is 212 Å². The number of ether oxygens (including phenoxy) is 1. The van der Waals surface area contributed by atoms with Crippen molar-refractivity contribution >= 4 is 17.3 Å². The molecule has 0 atom stereocenters. The quantitative estimate of drug-likeness (QED) is 0.536. The Kier molecular flexibility index (Phi) is 6.37. The molecule has 3 aliphatic rings. The smallest absolute Gasteiger partial charge is 0.419 e. The molecule has 2 fully saturated rings. The summed E-state index contributed by atoms with van der Waals surface area (Å²) in [4.78, 5) is 18.4. The molecule has 5 rings (SSSR count). The van der Waals surface area contributed by atoms with Gasteiger partial charge in [-0.3, -0.25) is 15.2 Å². The van der Waals surface area contributed by atoms with E-state index in [9.17, 15) is 23.2 Å². The molecule has 0 bridgehead atoms. The fourth-order valence-corrected chi connectivity index (χ4v) is 4.81. The molecule has 3 heterocycles. The van der Waals surface area contributed by atoms with Crippen LogP contribution in [0.15, 0.2) is 24.3 Å². The minimum absolute atomic E-state index is 0.0102. The topological polar surface area (TPSA) is 120 Å². The van der Waals surface area contributed by atoms with Crippen molar-refractivity contribution in [3.05, 3.63) is 35.5 Å². The van der Waals surface area contributed by atoms with E-state index in [1.807, 2.05) is 6.07 Å². The summed E-state index contributed by atoms with van der Waals surface area (Å²) in [6.45, 7) is 1.37. The molecule has 196 valence electrons. The Morgan fingerprint density at radius 3 is 2.68 bits per heavy atom. The van der Waals surface area contributed by atoms with Gasteiger partial charge < -0.3 is 15.4 Å². The Morgan fingerprint density at radius 1 is 1.30 bits per heavy atom. The molecule has 4 N–H and O–H groups in total. The number of nitrogens with zero attached hydrogens (tertiary/aromatic N) is 4. The number of alkyl halides is 3. The second-order valence-corrected chi connectivity index (χ2v) is 9.90. The molecule has 2 aromatic rings. The first-order valence-corrected chi connectivity index (χ1v) is 12.2. The highest BCUT2D eigenvalue weighted by molar-refractivity contribution is 5.89. The Morgan fingerprint density at radius 2 is 2.03 bits per heavy atom. The number of nitriles is 1. The molecule has 1 saturated heterocycles. The molecule has 2 aliphatic heterocycles. The number of nitrogens with one attached hydrogen (secondary N) is 2. The first-order chi connectivity index (χ1) is 17.6. The number of aromatic nitrogens is 1. The van der Waals surface area contributed by atoms with Crippen LogP contribution in [0.25, 0.3) is 11.3 Å². The molecule has 1 saturated carbocycles. The van der Waals surface area contributed by atoms with Gasteiger partial charge in [0.25, 0.3) is 0 Å². The van der Waals surface area contributed by atoms with Crippen molar-refractivity contribution in [2.75, 3.05) is 37.2 Å². The van der Waals surface area contributed by atoms with E-state index in [0.29, 0.717) is 30.9 Å². The zero-order valence-corrected chi connectivity index (χ0v) is 20.4. The van der Waals surface area contributed by atoms with Crippen LogP contribution in [0.3, 0.4) is 0 Å². The molecule has 0 radical (unpaired) electrons. The van der Waals surface area contributed by atoms with Crippen LogP contribution in [0.2, 0.25) is 0 Å². The standard InChI is InChI=1S/C25H28F3N7O2/c1-34-20-13-18(31-19(14-29)22(20)32-33-34)16-2-3-21(17(12-16)25(26,27)28)37-11-6-15-4-9-35(10-5-15)23(36)24(30)7-8-24/h2-3,12-13,15,32-33H,4-11,30H2,1H3. The molecule has 1 aromatic carbocycles. The number of likely N-dealkylation sites (tertiary alicyclic amines) is 1. The van der Waals surface area contributed by atoms with Crippen molar-refractivity contribution in [1.29, 1.82) is 5.26 Å². The molecule has 9 nitrogen and oxygen atoms in total. The zero-order valence-electron chi connectivity index (χ0n) is 20.4. The third-order valence-corrected chi connectivity index (χ3v) is 7.30. The van der Waals surface area contributed by atoms with E-state index in [-0.39, 0.29) is 41.1 Å². The molecule has 12 heteroatoms. The fraction of sp³-hybridized carbons (Fsp3) is 0.480. The Hall–Kier alpha value is -3.56. The first kappa shape index (κ1) is 25.1. The highest BCUT2D eigenvalue weighted by atomic mass is 19.4. The third kappa shape index (κ3) is 5.01. The normalized spacial score (nSPS) is 18.7. The van der Waals surface area contributed by atoms with Crippen molar-refractivity contribution in [3.63, 3.8) is 0 Å². The average molecular weight is 516 g/mol. The van der Waals surface area contributed by atoms with Gasteiger partial charge in [-0.1, -0.05) is 0 Å². The van der Waals surface area contributed by atoms with Crippen LogP contribution in [0.1, 0.15) is 43.4 Å². The van der Waals surface area contributed by atoms with Crippen molar-refractivity contribution in [3.8, 4) is 23.1 Å². The summed E-state index contributed by atoms with van der Waals surface area (Å²) in [6, 6.07) is 7.42. The number of piperidine rings is 1. The fourth-order valence-electron chi connectivity index (χ4n) is 4.81. The summed E-state index contributed by atoms with van der Waals surface area (Å²) in [6.07, 6.45) is -1.02. The van der Waals surface area contributed by atoms with Crippen molar-refractivity contribution in [2.45, 2.75) is 43.8 Å². The summed E-state index contributed by atoms with van der Waals surface area (Å²) in [5.41, 5.74) is 11.7. The summed E-state index contributed by atoms with van der Waals surface area (Å²) in [5, 5.41) is 11.1. The number of halogens is 3. The molecular formula is C25H28F3N7O2. The number of hydrogen-bond donors (Lipinski definition) is 3. The third-order valence-electron chi connectivity index (χ3n) is 7.30. The van der Waals surface area contributed by atoms with Gasteiger partial charge in [-0.05, 0) is 62.3 Å². The van der Waals surface area contributed by atoms with Gasteiger partial charge in [-0.2, -0.15) is 18.4 Å². The van der Waals surface area contributed by atoms with Crippen LogP contribution < -0.4 is 26.4 Å². The molecule has 1 aromatic heterocycles. The Balaban J connectivity index is 1.26. The van der Waals surface area contributed by atoms with Crippen LogP contribution in [-0.2, 0) is 11.0 Å². The van der Waals surface area contributed by atoms with Crippen LogP contribution in [0.4, 0.5) is 24.5 Å². The van der Waals surface area contributed by atoms with E-state index in [4.69, 9.17) is 10.5 Å². The number of amides is 1. The second-order valence-electron chi connectivity index (χ2n) is 9.90. The van der Waals surface area contributed by atoms with Crippen molar-refractivity contribution in [2.24, 2.45) is 11.7 Å². The number of anilines is 2. The number of hydrogen-bond acceptors (Lipinski definition) is 8. The molecule has 1 amide bonds. The van der Waals surface area contributed by atoms with Crippen LogP contribution in [-0.4, -0.2) is 48.1 Å². The monoisotopic (exact) mass is 515 g/mol. The number of hydrazine groups is 2. The Bertz CT molecular complexity index is 1250. The maximum Gasteiger partial charge on any atom is 0.419 e. The van der Waals surface area contributed by atoms with Gasteiger partial charge in [0.15, 0.2) is 5.69 Å². The number of pyridine rings is 1. The predicted molar refractivity (Wildman–Crippen MR) is 130 cm³/mol. The average Bonchev–Trinajstić information content (AvgIpc) is 3.53. The number of carbonyl (C=O) groups excluding carboxylic acids is 1. The van der Waals surface area contributed by atoms with E-state index in [0.717, 1.165) is 31.7 Å². The maximum atomic E-state index is 13.9. The van der Waals surface area contributed by atoms with E-state index in [1.54, 1.807) is 23.0 Å². The van der Waals surface area contributed by atoms with Crippen molar-refractivity contribution < 1.29 is 22.7 Å². The number of benzene rings is 1. The van der Waals surface area contributed by atoms with Crippen LogP contribution in [0, 0.1) is 17.2 Å². The molecule has 1 aliphatic carbocycles. The number of fused-ring (bicyclic) bond motifs is 1.